The van der Waals surface area contributed by atoms with Crippen molar-refractivity contribution in [1.29, 1.82) is 0 Å². The van der Waals surface area contributed by atoms with Gasteiger partial charge in [-0.1, -0.05) is 124 Å². The largest absolute Gasteiger partial charge is 0.338 e. The first-order valence-electron chi connectivity index (χ1n) is 12.3. The summed E-state index contributed by atoms with van der Waals surface area (Å²) in [5.41, 5.74) is 4.80. The fourth-order valence-electron chi connectivity index (χ4n) is 4.26. The Hall–Kier alpha value is -3.33. The van der Waals surface area contributed by atoms with Crippen LogP contribution >= 0.6 is 0 Å². The van der Waals surface area contributed by atoms with E-state index in [0.717, 1.165) is 36.8 Å². The molecule has 0 saturated heterocycles. The van der Waals surface area contributed by atoms with E-state index in [1.165, 1.54) is 43.2 Å². The van der Waals surface area contributed by atoms with E-state index in [9.17, 15) is 0 Å². The second-order valence-corrected chi connectivity index (χ2v) is 8.73. The van der Waals surface area contributed by atoms with Crippen LogP contribution in [0.15, 0.2) is 97.2 Å². The Morgan fingerprint density at radius 3 is 1.97 bits per heavy atom. The molecule has 1 heterocycles. The van der Waals surface area contributed by atoms with Gasteiger partial charge in [0.05, 0.1) is 12.2 Å². The molecule has 0 aliphatic rings. The molecule has 0 N–H and O–H groups in total. The zero-order valence-electron chi connectivity index (χ0n) is 19.7. The molecule has 4 aromatic rings. The van der Waals surface area contributed by atoms with Crippen LogP contribution in [0, 0.1) is 0 Å². The van der Waals surface area contributed by atoms with Crippen LogP contribution in [0.1, 0.15) is 50.2 Å². The van der Waals surface area contributed by atoms with Gasteiger partial charge < -0.3 is 9.47 Å². The van der Waals surface area contributed by atoms with Crippen LogP contribution in [0.2, 0.25) is 0 Å². The highest BCUT2D eigenvalue weighted by Gasteiger charge is 2.17. The molecule has 0 fully saturated rings. The molecule has 0 bridgehead atoms. The van der Waals surface area contributed by atoms with Gasteiger partial charge in [-0.25, -0.2) is 4.98 Å². The predicted octanol–water partition coefficient (Wildman–Crippen LogP) is 7.58. The second-order valence-electron chi connectivity index (χ2n) is 8.73. The van der Waals surface area contributed by atoms with Crippen LogP contribution in [0.5, 0.6) is 0 Å². The SMILES string of the molecule is CCCCCCCN(Cc1ccccc1)c1nc(-c2ccccc2)cn1Cc1ccccc1. The average Bonchev–Trinajstić information content (AvgIpc) is 3.28. The lowest BCUT2D eigenvalue weighted by Crippen LogP contribution is -2.27. The average molecular weight is 438 g/mol. The number of hydrogen-bond donors (Lipinski definition) is 0. The Kier molecular flexibility index (Phi) is 8.35. The van der Waals surface area contributed by atoms with Crippen molar-refractivity contribution in [2.24, 2.45) is 0 Å². The number of hydrogen-bond acceptors (Lipinski definition) is 2. The van der Waals surface area contributed by atoms with Gasteiger partial charge in [0.15, 0.2) is 0 Å². The van der Waals surface area contributed by atoms with Crippen molar-refractivity contribution in [1.82, 2.24) is 9.55 Å². The molecule has 3 aromatic carbocycles. The summed E-state index contributed by atoms with van der Waals surface area (Å²) in [6, 6.07) is 32.0. The zero-order valence-corrected chi connectivity index (χ0v) is 19.7. The maximum Gasteiger partial charge on any atom is 0.206 e. The van der Waals surface area contributed by atoms with Crippen molar-refractivity contribution in [3.8, 4) is 11.3 Å². The van der Waals surface area contributed by atoms with E-state index in [4.69, 9.17) is 4.98 Å². The van der Waals surface area contributed by atoms with Crippen LogP contribution in [0.4, 0.5) is 5.95 Å². The lowest BCUT2D eigenvalue weighted by Gasteiger charge is -2.25. The third-order valence-corrected chi connectivity index (χ3v) is 6.05. The predicted molar refractivity (Wildman–Crippen MR) is 139 cm³/mol. The Morgan fingerprint density at radius 2 is 1.30 bits per heavy atom. The number of aromatic nitrogens is 2. The number of anilines is 1. The summed E-state index contributed by atoms with van der Waals surface area (Å²) in [6.07, 6.45) is 8.57. The Bertz CT molecular complexity index is 1070. The van der Waals surface area contributed by atoms with Crippen molar-refractivity contribution < 1.29 is 0 Å². The third-order valence-electron chi connectivity index (χ3n) is 6.05. The minimum Gasteiger partial charge on any atom is -0.338 e. The second kappa shape index (κ2) is 12.1. The van der Waals surface area contributed by atoms with Gasteiger partial charge in [0.2, 0.25) is 5.95 Å². The number of benzene rings is 3. The van der Waals surface area contributed by atoms with Crippen molar-refractivity contribution in [2.75, 3.05) is 11.4 Å². The molecule has 0 unspecified atom stereocenters. The van der Waals surface area contributed by atoms with E-state index < -0.39 is 0 Å². The number of nitrogens with zero attached hydrogens (tertiary/aromatic N) is 3. The van der Waals surface area contributed by atoms with Crippen molar-refractivity contribution >= 4 is 5.95 Å². The first-order chi connectivity index (χ1) is 16.3. The highest BCUT2D eigenvalue weighted by Crippen LogP contribution is 2.26. The van der Waals surface area contributed by atoms with Crippen LogP contribution in [0.25, 0.3) is 11.3 Å². The first kappa shape index (κ1) is 22.8. The van der Waals surface area contributed by atoms with Gasteiger partial charge in [-0.2, -0.15) is 0 Å². The highest BCUT2D eigenvalue weighted by atomic mass is 15.3. The quantitative estimate of drug-likeness (QED) is 0.213. The van der Waals surface area contributed by atoms with Gasteiger partial charge in [-0.05, 0) is 17.5 Å². The maximum absolute atomic E-state index is 5.18. The van der Waals surface area contributed by atoms with Gasteiger partial charge in [0.25, 0.3) is 0 Å². The molecule has 3 heteroatoms. The molecule has 0 aliphatic carbocycles. The van der Waals surface area contributed by atoms with Gasteiger partial charge in [0, 0.05) is 24.8 Å². The molecule has 0 radical (unpaired) electrons. The van der Waals surface area contributed by atoms with Gasteiger partial charge in [-0.15, -0.1) is 0 Å². The minimum atomic E-state index is 0.817. The third kappa shape index (κ3) is 6.58. The standard InChI is InChI=1S/C30H35N3/c1-2-3-4-5-15-22-32(23-26-16-9-6-10-17-26)30-31-29(28-20-13-8-14-21-28)25-33(30)24-27-18-11-7-12-19-27/h6-14,16-21,25H,2-5,15,22-24H2,1H3. The Labute approximate surface area is 198 Å². The lowest BCUT2D eigenvalue weighted by molar-refractivity contribution is 0.604. The Balaban J connectivity index is 1.65. The molecular formula is C30H35N3. The normalized spacial score (nSPS) is 10.9. The van der Waals surface area contributed by atoms with E-state index >= 15 is 0 Å². The molecular weight excluding hydrogens is 402 g/mol. The van der Waals surface area contributed by atoms with E-state index in [0.29, 0.717) is 0 Å². The van der Waals surface area contributed by atoms with Crippen LogP contribution in [0.3, 0.4) is 0 Å². The van der Waals surface area contributed by atoms with Crippen molar-refractivity contribution in [2.45, 2.75) is 52.1 Å². The topological polar surface area (TPSA) is 21.1 Å². The van der Waals surface area contributed by atoms with E-state index in [1.54, 1.807) is 0 Å². The summed E-state index contributed by atoms with van der Waals surface area (Å²) < 4.78 is 2.33. The molecule has 3 nitrogen and oxygen atoms in total. The van der Waals surface area contributed by atoms with E-state index in [-0.39, 0.29) is 0 Å². The molecule has 4 rings (SSSR count). The Morgan fingerprint density at radius 1 is 0.697 bits per heavy atom. The van der Waals surface area contributed by atoms with Crippen LogP contribution in [-0.2, 0) is 13.1 Å². The summed E-state index contributed by atoms with van der Waals surface area (Å²) in [5, 5.41) is 0. The first-order valence-corrected chi connectivity index (χ1v) is 12.3. The van der Waals surface area contributed by atoms with Crippen LogP contribution in [-0.4, -0.2) is 16.1 Å². The maximum atomic E-state index is 5.18. The fourth-order valence-corrected chi connectivity index (χ4v) is 4.26. The van der Waals surface area contributed by atoms with E-state index in [1.807, 2.05) is 0 Å². The summed E-state index contributed by atoms with van der Waals surface area (Å²) >= 11 is 0. The monoisotopic (exact) mass is 437 g/mol. The summed E-state index contributed by atoms with van der Waals surface area (Å²) in [6.45, 7) is 4.97. The number of imidazole rings is 1. The lowest BCUT2D eigenvalue weighted by atomic mass is 10.1. The highest BCUT2D eigenvalue weighted by molar-refractivity contribution is 5.61. The van der Waals surface area contributed by atoms with Crippen molar-refractivity contribution in [3.63, 3.8) is 0 Å². The van der Waals surface area contributed by atoms with Crippen molar-refractivity contribution in [3.05, 3.63) is 108 Å². The molecule has 0 atom stereocenters. The minimum absolute atomic E-state index is 0.817. The van der Waals surface area contributed by atoms with Gasteiger partial charge in [0.1, 0.15) is 0 Å². The molecule has 33 heavy (non-hydrogen) atoms. The molecule has 170 valence electrons. The molecule has 0 amide bonds. The number of unbranched alkanes of at least 4 members (excludes halogenated alkanes) is 4. The number of rotatable bonds is 12. The van der Waals surface area contributed by atoms with Gasteiger partial charge >= 0.3 is 0 Å². The molecule has 0 aliphatic heterocycles. The van der Waals surface area contributed by atoms with Crippen LogP contribution < -0.4 is 4.90 Å². The fraction of sp³-hybridized carbons (Fsp3) is 0.300. The molecule has 0 saturated carbocycles. The summed E-state index contributed by atoms with van der Waals surface area (Å²) in [7, 11) is 0. The van der Waals surface area contributed by atoms with Gasteiger partial charge in [-0.3, -0.25) is 0 Å². The summed E-state index contributed by atoms with van der Waals surface area (Å²) in [4.78, 5) is 7.65. The van der Waals surface area contributed by atoms with E-state index in [2.05, 4.69) is 114 Å². The summed E-state index contributed by atoms with van der Waals surface area (Å²) in [5.74, 6) is 1.05. The zero-order chi connectivity index (χ0) is 22.7. The smallest absolute Gasteiger partial charge is 0.206 e. The molecule has 0 spiro atoms. The molecule has 1 aromatic heterocycles.